The molecule has 26 heavy (non-hydrogen) atoms. The Balaban J connectivity index is 1.60. The molecule has 5 heteroatoms. The van der Waals surface area contributed by atoms with Gasteiger partial charge in [0.2, 0.25) is 0 Å². The molecule has 1 aromatic heterocycles. The number of hydrogen-bond donors (Lipinski definition) is 0. The minimum atomic E-state index is 0.0476. The first kappa shape index (κ1) is 17.3. The standard InChI is InChI=1S/C21H27N3O2/c1-14-7-17(10-23(3)21(14)25)15-5-6-16(20(8-15)26-4)11-24-13-18-9-19(24)12-22(18)2/h5-8,10,18-19H,9,11-13H2,1-4H3. The molecule has 0 N–H and O–H groups in total. The van der Waals surface area contributed by atoms with E-state index >= 15 is 0 Å². The zero-order valence-electron chi connectivity index (χ0n) is 16.0. The molecule has 0 spiro atoms. The topological polar surface area (TPSA) is 37.7 Å². The molecule has 2 bridgehead atoms. The third-order valence-electron chi connectivity index (χ3n) is 5.98. The fraction of sp³-hybridized carbons (Fsp3) is 0.476. The lowest BCUT2D eigenvalue weighted by Crippen LogP contribution is -2.43. The Morgan fingerprint density at radius 2 is 1.92 bits per heavy atom. The zero-order valence-corrected chi connectivity index (χ0v) is 16.0. The van der Waals surface area contributed by atoms with Crippen LogP contribution in [0.25, 0.3) is 11.1 Å². The van der Waals surface area contributed by atoms with Crippen LogP contribution in [0.2, 0.25) is 0 Å². The van der Waals surface area contributed by atoms with Gasteiger partial charge in [0.05, 0.1) is 7.11 Å². The van der Waals surface area contributed by atoms with Gasteiger partial charge in [-0.25, -0.2) is 0 Å². The number of aromatic nitrogens is 1. The van der Waals surface area contributed by atoms with Crippen LogP contribution in [0.1, 0.15) is 17.5 Å². The first-order valence-electron chi connectivity index (χ1n) is 9.25. The fourth-order valence-corrected chi connectivity index (χ4v) is 4.45. The Kier molecular flexibility index (Phi) is 4.37. The van der Waals surface area contributed by atoms with Crippen molar-refractivity contribution >= 4 is 0 Å². The maximum Gasteiger partial charge on any atom is 0.253 e. The fourth-order valence-electron chi connectivity index (χ4n) is 4.45. The molecule has 0 saturated carbocycles. The number of likely N-dealkylation sites (tertiary alicyclic amines) is 2. The molecule has 2 atom stereocenters. The van der Waals surface area contributed by atoms with E-state index in [1.165, 1.54) is 18.5 Å². The van der Waals surface area contributed by atoms with Crippen LogP contribution >= 0.6 is 0 Å². The van der Waals surface area contributed by atoms with Gasteiger partial charge in [-0.15, -0.1) is 0 Å². The highest BCUT2D eigenvalue weighted by atomic mass is 16.5. The number of nitrogens with zero attached hydrogens (tertiary/aromatic N) is 3. The number of fused-ring (bicyclic) bond motifs is 2. The van der Waals surface area contributed by atoms with Gasteiger partial charge in [-0.3, -0.25) is 9.69 Å². The van der Waals surface area contributed by atoms with E-state index in [-0.39, 0.29) is 5.56 Å². The molecule has 2 unspecified atom stereocenters. The van der Waals surface area contributed by atoms with Gasteiger partial charge >= 0.3 is 0 Å². The molecule has 1 aromatic carbocycles. The highest BCUT2D eigenvalue weighted by Gasteiger charge is 2.41. The summed E-state index contributed by atoms with van der Waals surface area (Å²) < 4.78 is 7.34. The monoisotopic (exact) mass is 353 g/mol. The lowest BCUT2D eigenvalue weighted by Gasteiger charge is -2.32. The third-order valence-corrected chi connectivity index (χ3v) is 5.98. The maximum absolute atomic E-state index is 11.9. The zero-order chi connectivity index (χ0) is 18.4. The Hall–Kier alpha value is -2.11. The predicted molar refractivity (Wildman–Crippen MR) is 104 cm³/mol. The Morgan fingerprint density at radius 3 is 2.54 bits per heavy atom. The molecule has 5 nitrogen and oxygen atoms in total. The smallest absolute Gasteiger partial charge is 0.253 e. The van der Waals surface area contributed by atoms with Crippen LogP contribution in [0.15, 0.2) is 35.3 Å². The van der Waals surface area contributed by atoms with Crippen molar-refractivity contribution in [2.45, 2.75) is 32.0 Å². The average molecular weight is 353 g/mol. The third kappa shape index (κ3) is 2.95. The highest BCUT2D eigenvalue weighted by Crippen LogP contribution is 2.33. The number of pyridine rings is 1. The molecule has 2 aliphatic heterocycles. The molecule has 138 valence electrons. The van der Waals surface area contributed by atoms with E-state index in [1.807, 2.05) is 19.2 Å². The van der Waals surface area contributed by atoms with Gasteiger partial charge in [0, 0.05) is 56.1 Å². The summed E-state index contributed by atoms with van der Waals surface area (Å²) in [6.45, 7) is 5.11. The maximum atomic E-state index is 11.9. The lowest BCUT2D eigenvalue weighted by atomic mass is 10.0. The quantitative estimate of drug-likeness (QED) is 0.845. The van der Waals surface area contributed by atoms with Crippen molar-refractivity contribution in [2.75, 3.05) is 27.2 Å². The molecule has 3 heterocycles. The Labute approximate surface area is 154 Å². The van der Waals surface area contributed by atoms with E-state index in [0.717, 1.165) is 35.5 Å². The van der Waals surface area contributed by atoms with Gasteiger partial charge in [-0.2, -0.15) is 0 Å². The Bertz CT molecular complexity index is 861. The summed E-state index contributed by atoms with van der Waals surface area (Å²) in [7, 11) is 5.76. The summed E-state index contributed by atoms with van der Waals surface area (Å²) in [5, 5.41) is 0. The van der Waals surface area contributed by atoms with Gasteiger partial charge in [0.1, 0.15) is 5.75 Å². The molecular weight excluding hydrogens is 326 g/mol. The largest absolute Gasteiger partial charge is 0.496 e. The summed E-state index contributed by atoms with van der Waals surface area (Å²) in [6, 6.07) is 9.72. The van der Waals surface area contributed by atoms with Crippen LogP contribution in [0.3, 0.4) is 0 Å². The number of benzene rings is 1. The number of rotatable bonds is 4. The molecule has 0 radical (unpaired) electrons. The van der Waals surface area contributed by atoms with Gasteiger partial charge < -0.3 is 14.2 Å². The van der Waals surface area contributed by atoms with Crippen molar-refractivity contribution in [1.29, 1.82) is 0 Å². The molecular formula is C21H27N3O2. The number of hydrogen-bond acceptors (Lipinski definition) is 4. The van der Waals surface area contributed by atoms with Crippen molar-refractivity contribution in [3.63, 3.8) is 0 Å². The molecule has 4 rings (SSSR count). The predicted octanol–water partition coefficient (Wildman–Crippen LogP) is 2.26. The van der Waals surface area contributed by atoms with E-state index < -0.39 is 0 Å². The van der Waals surface area contributed by atoms with E-state index in [1.54, 1.807) is 18.7 Å². The first-order valence-corrected chi connectivity index (χ1v) is 9.25. The second-order valence-electron chi connectivity index (χ2n) is 7.77. The second-order valence-corrected chi connectivity index (χ2v) is 7.77. The molecule has 2 fully saturated rings. The normalized spacial score (nSPS) is 22.9. The summed E-state index contributed by atoms with van der Waals surface area (Å²) in [5.41, 5.74) is 4.15. The van der Waals surface area contributed by atoms with Crippen LogP contribution < -0.4 is 10.3 Å². The van der Waals surface area contributed by atoms with Crippen LogP contribution in [-0.2, 0) is 13.6 Å². The minimum Gasteiger partial charge on any atom is -0.496 e. The van der Waals surface area contributed by atoms with E-state index in [0.29, 0.717) is 12.1 Å². The summed E-state index contributed by atoms with van der Waals surface area (Å²) >= 11 is 0. The lowest BCUT2D eigenvalue weighted by molar-refractivity contribution is 0.142. The van der Waals surface area contributed by atoms with Gasteiger partial charge in [0.15, 0.2) is 0 Å². The minimum absolute atomic E-state index is 0.0476. The Morgan fingerprint density at radius 1 is 1.12 bits per heavy atom. The average Bonchev–Trinajstić information content (AvgIpc) is 3.18. The molecule has 2 saturated heterocycles. The van der Waals surface area contributed by atoms with Crippen molar-refractivity contribution in [2.24, 2.45) is 7.05 Å². The van der Waals surface area contributed by atoms with E-state index in [9.17, 15) is 4.79 Å². The SMILES string of the molecule is COc1cc(-c2cc(C)c(=O)n(C)c2)ccc1CN1CC2CC1CN2C. The van der Waals surface area contributed by atoms with Crippen molar-refractivity contribution in [3.8, 4) is 16.9 Å². The van der Waals surface area contributed by atoms with Gasteiger partial charge in [-0.05, 0) is 43.7 Å². The number of piperazine rings is 1. The first-order chi connectivity index (χ1) is 12.5. The molecule has 2 aliphatic rings. The van der Waals surface area contributed by atoms with Gasteiger partial charge in [-0.1, -0.05) is 12.1 Å². The molecule has 0 aliphatic carbocycles. The number of aryl methyl sites for hydroxylation is 2. The van der Waals surface area contributed by atoms with Crippen LogP contribution in [-0.4, -0.2) is 53.7 Å². The van der Waals surface area contributed by atoms with Crippen molar-refractivity contribution in [3.05, 3.63) is 51.9 Å². The second kappa shape index (κ2) is 6.56. The highest BCUT2D eigenvalue weighted by molar-refractivity contribution is 5.66. The van der Waals surface area contributed by atoms with Crippen molar-refractivity contribution < 1.29 is 4.74 Å². The molecule has 0 amide bonds. The summed E-state index contributed by atoms with van der Waals surface area (Å²) in [5.74, 6) is 0.921. The van der Waals surface area contributed by atoms with E-state index in [2.05, 4.69) is 35.0 Å². The number of methoxy groups -OCH3 is 1. The van der Waals surface area contributed by atoms with Crippen LogP contribution in [0, 0.1) is 6.92 Å². The van der Waals surface area contributed by atoms with Crippen molar-refractivity contribution in [1.82, 2.24) is 14.4 Å². The van der Waals surface area contributed by atoms with Crippen LogP contribution in [0.4, 0.5) is 0 Å². The number of likely N-dealkylation sites (N-methyl/N-ethyl adjacent to an activating group) is 1. The van der Waals surface area contributed by atoms with Crippen LogP contribution in [0.5, 0.6) is 5.75 Å². The number of ether oxygens (including phenoxy) is 1. The molecule has 2 aromatic rings. The van der Waals surface area contributed by atoms with Gasteiger partial charge in [0.25, 0.3) is 5.56 Å². The summed E-state index contributed by atoms with van der Waals surface area (Å²) in [4.78, 5) is 17.0. The summed E-state index contributed by atoms with van der Waals surface area (Å²) in [6.07, 6.45) is 3.17. The van der Waals surface area contributed by atoms with E-state index in [4.69, 9.17) is 4.74 Å².